The molecule has 0 heterocycles. The van der Waals surface area contributed by atoms with E-state index in [1.807, 2.05) is 0 Å². The van der Waals surface area contributed by atoms with Gasteiger partial charge in [-0.05, 0) is 0 Å². The predicted octanol–water partition coefficient (Wildman–Crippen LogP) is -0.141. The average Bonchev–Trinajstić information content (AvgIpc) is 2.00. The summed E-state index contributed by atoms with van der Waals surface area (Å²) in [5.41, 5.74) is -2.29. The third-order valence-corrected chi connectivity index (χ3v) is 0.769. The highest BCUT2D eigenvalue weighted by Crippen LogP contribution is 2.06. The molecular weight excluding hydrogens is 146 g/mol. The lowest BCUT2D eigenvalue weighted by molar-refractivity contribution is -0.144. The van der Waals surface area contributed by atoms with Crippen molar-refractivity contribution in [3.63, 3.8) is 0 Å². The Morgan fingerprint density at radius 1 is 1.27 bits per heavy atom. The van der Waals surface area contributed by atoms with Gasteiger partial charge in [0.15, 0.2) is 0 Å². The Morgan fingerprint density at radius 2 is 1.64 bits per heavy atom. The second kappa shape index (κ2) is 3.20. The molecule has 0 fully saturated rings. The van der Waals surface area contributed by atoms with Crippen molar-refractivity contribution < 1.29 is 9.53 Å². The fourth-order valence-corrected chi connectivity index (χ4v) is 0.359. The number of ether oxygens (including phenoxy) is 1. The van der Waals surface area contributed by atoms with Crippen LogP contribution in [0.1, 0.15) is 6.92 Å². The summed E-state index contributed by atoms with van der Waals surface area (Å²) in [6.07, 6.45) is 0. The molecule has 0 spiro atoms. The Morgan fingerprint density at radius 3 is 1.73 bits per heavy atom. The quantitative estimate of drug-likeness (QED) is 0.483. The minimum Gasteiger partial charge on any atom is -0.417 e. The summed E-state index contributed by atoms with van der Waals surface area (Å²) in [7, 11) is 0. The van der Waals surface area contributed by atoms with E-state index in [4.69, 9.17) is 15.8 Å². The van der Waals surface area contributed by atoms with Crippen LogP contribution in [0, 0.1) is 34.0 Å². The van der Waals surface area contributed by atoms with Crippen molar-refractivity contribution in [3.8, 4) is 18.2 Å². The first kappa shape index (κ1) is 8.94. The maximum atomic E-state index is 10.3. The van der Waals surface area contributed by atoms with E-state index in [9.17, 15) is 4.79 Å². The molecule has 0 aromatic heterocycles. The van der Waals surface area contributed by atoms with Gasteiger partial charge < -0.3 is 4.74 Å². The topological polar surface area (TPSA) is 97.7 Å². The molecule has 5 heteroatoms. The van der Waals surface area contributed by atoms with Gasteiger partial charge in [0.25, 0.3) is 0 Å². The van der Waals surface area contributed by atoms with Crippen LogP contribution in [0.3, 0.4) is 0 Å². The summed E-state index contributed by atoms with van der Waals surface area (Å²) in [4.78, 5) is 10.3. The van der Waals surface area contributed by atoms with Crippen LogP contribution in [-0.2, 0) is 9.53 Å². The van der Waals surface area contributed by atoms with Crippen LogP contribution in [0.2, 0.25) is 0 Å². The number of esters is 1. The fraction of sp³-hybridized carbons (Fsp3) is 0.333. The van der Waals surface area contributed by atoms with Crippen molar-refractivity contribution in [1.82, 2.24) is 0 Å². The zero-order chi connectivity index (χ0) is 8.91. The van der Waals surface area contributed by atoms with Crippen molar-refractivity contribution in [3.05, 3.63) is 0 Å². The minimum absolute atomic E-state index is 0.838. The molecule has 0 aromatic rings. The average molecular weight is 149 g/mol. The van der Waals surface area contributed by atoms with Gasteiger partial charge in [-0.2, -0.15) is 15.8 Å². The second-order valence-electron chi connectivity index (χ2n) is 1.61. The van der Waals surface area contributed by atoms with Gasteiger partial charge >= 0.3 is 11.6 Å². The van der Waals surface area contributed by atoms with Crippen LogP contribution >= 0.6 is 0 Å². The maximum Gasteiger partial charge on any atom is 0.369 e. The van der Waals surface area contributed by atoms with Gasteiger partial charge in [-0.25, -0.2) is 0 Å². The smallest absolute Gasteiger partial charge is 0.369 e. The largest absolute Gasteiger partial charge is 0.417 e. The lowest BCUT2D eigenvalue weighted by Crippen LogP contribution is -2.28. The number of carbonyl (C=O) groups excluding carboxylic acids is 1. The lowest BCUT2D eigenvalue weighted by Gasteiger charge is -2.07. The van der Waals surface area contributed by atoms with Crippen LogP contribution < -0.4 is 0 Å². The second-order valence-corrected chi connectivity index (χ2v) is 1.61. The Hall–Kier alpha value is -2.06. The molecular formula is C6H3N3O2. The Balaban J connectivity index is 4.68. The molecule has 0 saturated carbocycles. The summed E-state index contributed by atoms with van der Waals surface area (Å²) >= 11 is 0. The number of nitrogens with zero attached hydrogens (tertiary/aromatic N) is 3. The van der Waals surface area contributed by atoms with Crippen molar-refractivity contribution in [2.75, 3.05) is 0 Å². The third kappa shape index (κ3) is 1.97. The summed E-state index contributed by atoms with van der Waals surface area (Å²) in [6, 6.07) is 3.84. The van der Waals surface area contributed by atoms with Crippen molar-refractivity contribution in [1.29, 1.82) is 15.8 Å². The first-order chi connectivity index (χ1) is 5.10. The third-order valence-electron chi connectivity index (χ3n) is 0.769. The summed E-state index contributed by atoms with van der Waals surface area (Å²) < 4.78 is 4.16. The molecule has 0 aliphatic rings. The van der Waals surface area contributed by atoms with Crippen molar-refractivity contribution >= 4 is 5.97 Å². The molecule has 54 valence electrons. The van der Waals surface area contributed by atoms with E-state index in [-0.39, 0.29) is 0 Å². The van der Waals surface area contributed by atoms with Gasteiger partial charge in [0.1, 0.15) is 18.2 Å². The van der Waals surface area contributed by atoms with Gasteiger partial charge in [0.2, 0.25) is 0 Å². The zero-order valence-electron chi connectivity index (χ0n) is 5.66. The van der Waals surface area contributed by atoms with Crippen LogP contribution in [0.4, 0.5) is 0 Å². The molecule has 0 rings (SSSR count). The normalized spacial score (nSPS) is 8.55. The molecule has 0 unspecified atom stereocenters. The van der Waals surface area contributed by atoms with E-state index in [0.717, 1.165) is 6.92 Å². The van der Waals surface area contributed by atoms with Gasteiger partial charge in [0, 0.05) is 6.92 Å². The fourth-order valence-electron chi connectivity index (χ4n) is 0.359. The molecule has 0 aliphatic heterocycles. The van der Waals surface area contributed by atoms with Crippen LogP contribution in [0.5, 0.6) is 0 Å². The van der Waals surface area contributed by atoms with Crippen LogP contribution in [-0.4, -0.2) is 11.6 Å². The Bertz CT molecular complexity index is 252. The molecule has 11 heavy (non-hydrogen) atoms. The monoisotopic (exact) mass is 149 g/mol. The Kier molecular flexibility index (Phi) is 2.60. The number of carbonyl (C=O) groups is 1. The molecule has 0 saturated heterocycles. The molecule has 0 N–H and O–H groups in total. The molecule has 0 bridgehead atoms. The van der Waals surface area contributed by atoms with E-state index < -0.39 is 11.6 Å². The van der Waals surface area contributed by atoms with Gasteiger partial charge in [-0.15, -0.1) is 0 Å². The molecule has 0 aromatic carbocycles. The number of hydrogen-bond acceptors (Lipinski definition) is 5. The van der Waals surface area contributed by atoms with Crippen LogP contribution in [0.15, 0.2) is 0 Å². The molecule has 0 atom stereocenters. The minimum atomic E-state index is -2.29. The van der Waals surface area contributed by atoms with Gasteiger partial charge in [-0.1, -0.05) is 0 Å². The van der Waals surface area contributed by atoms with Crippen LogP contribution in [0.25, 0.3) is 0 Å². The van der Waals surface area contributed by atoms with E-state index in [0.29, 0.717) is 0 Å². The molecule has 0 radical (unpaired) electrons. The Labute approximate surface area is 63.0 Å². The first-order valence-corrected chi connectivity index (χ1v) is 2.53. The highest BCUT2D eigenvalue weighted by atomic mass is 16.6. The highest BCUT2D eigenvalue weighted by Gasteiger charge is 2.33. The number of rotatable bonds is 1. The summed E-state index contributed by atoms with van der Waals surface area (Å²) in [5, 5.41) is 24.8. The maximum absolute atomic E-state index is 10.3. The van der Waals surface area contributed by atoms with Gasteiger partial charge in [0.05, 0.1) is 0 Å². The SMILES string of the molecule is CC(=O)OC(C#N)(C#N)C#N. The lowest BCUT2D eigenvalue weighted by atomic mass is 10.1. The van der Waals surface area contributed by atoms with Crippen molar-refractivity contribution in [2.24, 2.45) is 0 Å². The van der Waals surface area contributed by atoms with E-state index in [1.54, 1.807) is 0 Å². The molecule has 0 amide bonds. The van der Waals surface area contributed by atoms with Gasteiger partial charge in [-0.3, -0.25) is 4.79 Å². The van der Waals surface area contributed by atoms with E-state index >= 15 is 0 Å². The van der Waals surface area contributed by atoms with E-state index in [2.05, 4.69) is 4.74 Å². The first-order valence-electron chi connectivity index (χ1n) is 2.53. The number of nitriles is 3. The zero-order valence-corrected chi connectivity index (χ0v) is 5.66. The number of hydrogen-bond donors (Lipinski definition) is 0. The summed E-state index contributed by atoms with van der Waals surface area (Å²) in [6.45, 7) is 1.01. The predicted molar refractivity (Wildman–Crippen MR) is 31.3 cm³/mol. The van der Waals surface area contributed by atoms with E-state index in [1.165, 1.54) is 18.2 Å². The summed E-state index contributed by atoms with van der Waals surface area (Å²) in [5.74, 6) is -0.838. The van der Waals surface area contributed by atoms with Crippen molar-refractivity contribution in [2.45, 2.75) is 12.5 Å². The standard InChI is InChI=1S/C6H3N3O2/c1-5(10)11-6(2-7,3-8)4-9/h1H3. The molecule has 0 aliphatic carbocycles. The molecule has 5 nitrogen and oxygen atoms in total. The highest BCUT2D eigenvalue weighted by molar-refractivity contribution is 5.68.